The van der Waals surface area contributed by atoms with Gasteiger partial charge in [0.1, 0.15) is 0 Å². The molecule has 2 aliphatic rings. The Balaban J connectivity index is 2.01. The Hall–Kier alpha value is -0.120. The first-order valence-corrected chi connectivity index (χ1v) is 6.18. The summed E-state index contributed by atoms with van der Waals surface area (Å²) in [7, 11) is 1.82. The molecule has 1 saturated carbocycles. The van der Waals surface area contributed by atoms with Crippen molar-refractivity contribution in [2.45, 2.75) is 44.2 Å². The number of methoxy groups -OCH3 is 1. The normalized spacial score (nSPS) is 42.6. The summed E-state index contributed by atoms with van der Waals surface area (Å²) in [5, 5.41) is 0. The van der Waals surface area contributed by atoms with E-state index in [0.29, 0.717) is 11.6 Å². The van der Waals surface area contributed by atoms with Crippen LogP contribution in [0.25, 0.3) is 0 Å². The fraction of sp³-hybridized carbons (Fsp3) is 1.00. The van der Waals surface area contributed by atoms with Gasteiger partial charge in [-0.05, 0) is 31.6 Å². The molecule has 1 aliphatic heterocycles. The predicted molar refractivity (Wildman–Crippen MR) is 61.8 cm³/mol. The van der Waals surface area contributed by atoms with E-state index in [4.69, 9.17) is 10.5 Å². The Bertz CT molecular complexity index is 222. The van der Waals surface area contributed by atoms with Gasteiger partial charge in [-0.15, -0.1) is 0 Å². The molecule has 2 fully saturated rings. The first kappa shape index (κ1) is 11.4. The van der Waals surface area contributed by atoms with Gasteiger partial charge in [-0.1, -0.05) is 6.92 Å². The van der Waals surface area contributed by atoms with E-state index in [-0.39, 0.29) is 0 Å². The van der Waals surface area contributed by atoms with Crippen LogP contribution in [0.4, 0.5) is 0 Å². The largest absolute Gasteiger partial charge is 0.380 e. The average Bonchev–Trinajstić information content (AvgIpc) is 2.84. The van der Waals surface area contributed by atoms with E-state index in [1.54, 1.807) is 0 Å². The quantitative estimate of drug-likeness (QED) is 0.764. The number of rotatable bonds is 3. The van der Waals surface area contributed by atoms with Crippen molar-refractivity contribution in [2.24, 2.45) is 11.7 Å². The van der Waals surface area contributed by atoms with Gasteiger partial charge < -0.3 is 10.5 Å². The van der Waals surface area contributed by atoms with Crippen LogP contribution in [0.15, 0.2) is 0 Å². The third-order valence-electron chi connectivity index (χ3n) is 4.36. The van der Waals surface area contributed by atoms with Crippen molar-refractivity contribution in [1.29, 1.82) is 0 Å². The number of nitrogens with two attached hydrogens (primary N) is 1. The topological polar surface area (TPSA) is 38.5 Å². The highest BCUT2D eigenvalue weighted by molar-refractivity contribution is 5.00. The van der Waals surface area contributed by atoms with Crippen LogP contribution in [0.1, 0.15) is 32.6 Å². The molecule has 1 heterocycles. The molecule has 1 aliphatic carbocycles. The van der Waals surface area contributed by atoms with Crippen molar-refractivity contribution >= 4 is 0 Å². The third-order valence-corrected chi connectivity index (χ3v) is 4.36. The van der Waals surface area contributed by atoms with Crippen LogP contribution in [0.5, 0.6) is 0 Å². The smallest absolute Gasteiger partial charge is 0.0710 e. The van der Waals surface area contributed by atoms with Crippen molar-refractivity contribution in [3.05, 3.63) is 0 Å². The maximum Gasteiger partial charge on any atom is 0.0710 e. The lowest BCUT2D eigenvalue weighted by Crippen LogP contribution is -2.51. The van der Waals surface area contributed by atoms with Crippen LogP contribution < -0.4 is 5.73 Å². The van der Waals surface area contributed by atoms with Gasteiger partial charge in [0.25, 0.3) is 0 Å². The van der Waals surface area contributed by atoms with Gasteiger partial charge in [0.05, 0.1) is 6.10 Å². The summed E-state index contributed by atoms with van der Waals surface area (Å²) in [5.74, 6) is 0.843. The highest BCUT2D eigenvalue weighted by atomic mass is 16.5. The zero-order valence-corrected chi connectivity index (χ0v) is 10.0. The Kier molecular flexibility index (Phi) is 3.33. The van der Waals surface area contributed by atoms with E-state index in [1.165, 1.54) is 32.2 Å². The summed E-state index contributed by atoms with van der Waals surface area (Å²) < 4.78 is 5.43. The summed E-state index contributed by atoms with van der Waals surface area (Å²) in [6, 6.07) is 0. The molecular formula is C12H24N2O. The number of hydrogen-bond donors (Lipinski definition) is 1. The molecule has 0 aromatic heterocycles. The molecule has 15 heavy (non-hydrogen) atoms. The molecule has 3 nitrogen and oxygen atoms in total. The van der Waals surface area contributed by atoms with E-state index in [0.717, 1.165) is 19.0 Å². The maximum absolute atomic E-state index is 6.02. The molecule has 2 N–H and O–H groups in total. The first-order chi connectivity index (χ1) is 7.20. The number of likely N-dealkylation sites (tertiary alicyclic amines) is 1. The van der Waals surface area contributed by atoms with E-state index in [2.05, 4.69) is 11.8 Å². The third kappa shape index (κ3) is 2.05. The zero-order valence-electron chi connectivity index (χ0n) is 10.0. The number of ether oxygens (including phenoxy) is 1. The van der Waals surface area contributed by atoms with E-state index in [9.17, 15) is 0 Å². The second-order valence-corrected chi connectivity index (χ2v) is 5.37. The molecule has 0 spiro atoms. The van der Waals surface area contributed by atoms with Crippen molar-refractivity contribution in [2.75, 3.05) is 26.7 Å². The monoisotopic (exact) mass is 212 g/mol. The molecule has 3 atom stereocenters. The average molecular weight is 212 g/mol. The second kappa shape index (κ2) is 4.40. The molecule has 0 aromatic carbocycles. The van der Waals surface area contributed by atoms with E-state index in [1.807, 2.05) is 7.11 Å². The van der Waals surface area contributed by atoms with Crippen LogP contribution in [0, 0.1) is 5.92 Å². The SMILES string of the molecule is COC1CCN(C2(CN)CCC(C)C2)C1. The number of nitrogens with zero attached hydrogens (tertiary/aromatic N) is 1. The summed E-state index contributed by atoms with van der Waals surface area (Å²) in [4.78, 5) is 2.59. The maximum atomic E-state index is 6.02. The van der Waals surface area contributed by atoms with Gasteiger partial charge in [0.2, 0.25) is 0 Å². The lowest BCUT2D eigenvalue weighted by molar-refractivity contribution is 0.0741. The van der Waals surface area contributed by atoms with Crippen LogP contribution in [0.2, 0.25) is 0 Å². The van der Waals surface area contributed by atoms with Crippen molar-refractivity contribution in [3.63, 3.8) is 0 Å². The minimum atomic E-state index is 0.298. The number of hydrogen-bond acceptors (Lipinski definition) is 3. The molecule has 0 amide bonds. The van der Waals surface area contributed by atoms with Crippen molar-refractivity contribution in [3.8, 4) is 0 Å². The Labute approximate surface area is 93.0 Å². The molecule has 0 radical (unpaired) electrons. The fourth-order valence-electron chi connectivity index (χ4n) is 3.32. The lowest BCUT2D eigenvalue weighted by atomic mass is 9.94. The lowest BCUT2D eigenvalue weighted by Gasteiger charge is -2.38. The Morgan fingerprint density at radius 3 is 2.73 bits per heavy atom. The highest BCUT2D eigenvalue weighted by Crippen LogP contribution is 2.40. The fourth-order valence-corrected chi connectivity index (χ4v) is 3.32. The van der Waals surface area contributed by atoms with Gasteiger partial charge in [0, 0.05) is 32.3 Å². The summed E-state index contributed by atoms with van der Waals surface area (Å²) in [6.07, 6.45) is 5.50. The molecule has 0 bridgehead atoms. The molecule has 2 rings (SSSR count). The van der Waals surface area contributed by atoms with Crippen LogP contribution >= 0.6 is 0 Å². The summed E-state index contributed by atoms with van der Waals surface area (Å²) in [6.45, 7) is 5.41. The Morgan fingerprint density at radius 1 is 1.47 bits per heavy atom. The molecule has 1 saturated heterocycles. The van der Waals surface area contributed by atoms with Crippen LogP contribution in [-0.2, 0) is 4.74 Å². The van der Waals surface area contributed by atoms with Gasteiger partial charge in [-0.2, -0.15) is 0 Å². The summed E-state index contributed by atoms with van der Waals surface area (Å²) >= 11 is 0. The zero-order chi connectivity index (χ0) is 10.9. The van der Waals surface area contributed by atoms with Gasteiger partial charge in [0.15, 0.2) is 0 Å². The molecular weight excluding hydrogens is 188 g/mol. The summed E-state index contributed by atoms with van der Waals surface area (Å²) in [5.41, 5.74) is 6.31. The van der Waals surface area contributed by atoms with E-state index < -0.39 is 0 Å². The van der Waals surface area contributed by atoms with Gasteiger partial charge >= 0.3 is 0 Å². The molecule has 88 valence electrons. The van der Waals surface area contributed by atoms with Crippen molar-refractivity contribution in [1.82, 2.24) is 4.90 Å². The standard InChI is InChI=1S/C12H24N2O/c1-10-3-5-12(7-10,9-13)14-6-4-11(8-14)15-2/h10-11H,3-9,13H2,1-2H3. The Morgan fingerprint density at radius 2 is 2.27 bits per heavy atom. The molecule has 0 aromatic rings. The minimum Gasteiger partial charge on any atom is -0.380 e. The molecule has 3 unspecified atom stereocenters. The second-order valence-electron chi connectivity index (χ2n) is 5.37. The van der Waals surface area contributed by atoms with Gasteiger partial charge in [-0.3, -0.25) is 4.90 Å². The highest BCUT2D eigenvalue weighted by Gasteiger charge is 2.43. The molecule has 3 heteroatoms. The predicted octanol–water partition coefficient (Wildman–Crippen LogP) is 1.22. The van der Waals surface area contributed by atoms with Crippen LogP contribution in [-0.4, -0.2) is 43.3 Å². The van der Waals surface area contributed by atoms with E-state index >= 15 is 0 Å². The first-order valence-electron chi connectivity index (χ1n) is 6.18. The minimum absolute atomic E-state index is 0.298. The van der Waals surface area contributed by atoms with Crippen molar-refractivity contribution < 1.29 is 4.74 Å². The van der Waals surface area contributed by atoms with Gasteiger partial charge in [-0.25, -0.2) is 0 Å². The van der Waals surface area contributed by atoms with Crippen LogP contribution in [0.3, 0.4) is 0 Å².